The first kappa shape index (κ1) is 23.5. The van der Waals surface area contributed by atoms with Crippen molar-refractivity contribution < 1.29 is 13.9 Å². The first-order valence-corrected chi connectivity index (χ1v) is 12.1. The number of nitrogens with zero attached hydrogens (tertiary/aromatic N) is 4. The van der Waals surface area contributed by atoms with Gasteiger partial charge in [-0.15, -0.1) is 0 Å². The first-order chi connectivity index (χ1) is 16.1. The van der Waals surface area contributed by atoms with Crippen LogP contribution in [0.4, 0.5) is 22.0 Å². The summed E-state index contributed by atoms with van der Waals surface area (Å²) >= 11 is 0. The van der Waals surface area contributed by atoms with Gasteiger partial charge in [-0.25, -0.2) is 4.39 Å². The molecule has 2 N–H and O–H groups in total. The van der Waals surface area contributed by atoms with Crippen molar-refractivity contribution in [2.45, 2.75) is 57.9 Å². The highest BCUT2D eigenvalue weighted by atomic mass is 19.1. The van der Waals surface area contributed by atoms with Crippen LogP contribution in [0.5, 0.6) is 11.8 Å². The lowest BCUT2D eigenvalue weighted by atomic mass is 9.89. The molecule has 1 aliphatic carbocycles. The number of likely N-dealkylation sites (tertiary alicyclic amines) is 1. The Kier molecular flexibility index (Phi) is 8.15. The number of rotatable bonds is 10. The minimum Gasteiger partial charge on any atom is -0.494 e. The van der Waals surface area contributed by atoms with Gasteiger partial charge < -0.3 is 20.1 Å². The molecule has 2 fully saturated rings. The van der Waals surface area contributed by atoms with Gasteiger partial charge in [-0.2, -0.15) is 15.0 Å². The van der Waals surface area contributed by atoms with Gasteiger partial charge in [-0.05, 0) is 56.8 Å². The molecule has 4 rings (SSSR count). The van der Waals surface area contributed by atoms with Crippen LogP contribution in [-0.2, 0) is 0 Å². The number of nitrogens with one attached hydrogen (secondary N) is 2. The van der Waals surface area contributed by atoms with Crippen LogP contribution in [-0.4, -0.2) is 59.2 Å². The van der Waals surface area contributed by atoms with Gasteiger partial charge in [0.05, 0.1) is 7.11 Å². The Hall–Kier alpha value is -2.68. The maximum Gasteiger partial charge on any atom is 0.323 e. The van der Waals surface area contributed by atoms with Crippen LogP contribution >= 0.6 is 0 Å². The van der Waals surface area contributed by atoms with Gasteiger partial charge in [0.1, 0.15) is 6.61 Å². The normalized spacial score (nSPS) is 19.4. The molecule has 1 unspecified atom stereocenters. The number of anilines is 3. The minimum absolute atomic E-state index is 0.187. The van der Waals surface area contributed by atoms with E-state index in [-0.39, 0.29) is 11.8 Å². The third-order valence-corrected chi connectivity index (χ3v) is 6.61. The van der Waals surface area contributed by atoms with Crippen molar-refractivity contribution in [3.8, 4) is 11.8 Å². The second-order valence-electron chi connectivity index (χ2n) is 8.86. The fourth-order valence-electron chi connectivity index (χ4n) is 4.73. The van der Waals surface area contributed by atoms with Crippen LogP contribution in [0.1, 0.15) is 51.9 Å². The van der Waals surface area contributed by atoms with Gasteiger partial charge in [0.15, 0.2) is 11.6 Å². The van der Waals surface area contributed by atoms with E-state index < -0.39 is 5.82 Å². The van der Waals surface area contributed by atoms with Crippen LogP contribution in [0.2, 0.25) is 0 Å². The van der Waals surface area contributed by atoms with Gasteiger partial charge in [0.2, 0.25) is 11.9 Å². The van der Waals surface area contributed by atoms with Crippen LogP contribution < -0.4 is 20.1 Å². The van der Waals surface area contributed by atoms with Crippen molar-refractivity contribution in [3.05, 3.63) is 24.0 Å². The number of ether oxygens (including phenoxy) is 2. The molecule has 9 heteroatoms. The minimum atomic E-state index is -0.454. The lowest BCUT2D eigenvalue weighted by molar-refractivity contribution is 0.170. The Bertz CT molecular complexity index is 909. The monoisotopic (exact) mass is 458 g/mol. The molecule has 1 atom stereocenters. The van der Waals surface area contributed by atoms with E-state index in [4.69, 9.17) is 9.47 Å². The van der Waals surface area contributed by atoms with E-state index in [2.05, 4.69) is 37.4 Å². The Morgan fingerprint density at radius 2 is 1.88 bits per heavy atom. The largest absolute Gasteiger partial charge is 0.494 e. The fourth-order valence-corrected chi connectivity index (χ4v) is 4.73. The predicted octanol–water partition coefficient (Wildman–Crippen LogP) is 4.62. The summed E-state index contributed by atoms with van der Waals surface area (Å²) in [5, 5.41) is 6.45. The van der Waals surface area contributed by atoms with E-state index in [1.165, 1.54) is 51.7 Å². The number of aromatic nitrogens is 3. The maximum absolute atomic E-state index is 14.1. The average Bonchev–Trinajstić information content (AvgIpc) is 3.30. The quantitative estimate of drug-likeness (QED) is 0.534. The molecule has 0 spiro atoms. The molecule has 2 heterocycles. The molecular weight excluding hydrogens is 423 g/mol. The SMILES string of the molecule is CCN1CCCC1COc1nc(NCC2CCCCC2)nc(Nc2ccc(OC)c(F)c2)n1. The summed E-state index contributed by atoms with van der Waals surface area (Å²) in [7, 11) is 1.44. The molecule has 180 valence electrons. The maximum atomic E-state index is 14.1. The highest BCUT2D eigenvalue weighted by Gasteiger charge is 2.24. The van der Waals surface area contributed by atoms with E-state index in [9.17, 15) is 4.39 Å². The average molecular weight is 459 g/mol. The van der Waals surface area contributed by atoms with Crippen LogP contribution in [0.3, 0.4) is 0 Å². The number of methoxy groups -OCH3 is 1. The Morgan fingerprint density at radius 1 is 1.06 bits per heavy atom. The number of benzene rings is 1. The molecule has 0 amide bonds. The molecule has 1 aliphatic heterocycles. The standard InChI is InChI=1S/C24H35FN6O2/c1-3-31-13-7-10-19(31)16-33-24-29-22(26-15-17-8-5-4-6-9-17)28-23(30-24)27-18-11-12-21(32-2)20(25)14-18/h11-12,14,17,19H,3-10,13,15-16H2,1-2H3,(H2,26,27,28,29,30). The van der Waals surface area contributed by atoms with Gasteiger partial charge in [0.25, 0.3) is 0 Å². The van der Waals surface area contributed by atoms with E-state index in [1.54, 1.807) is 12.1 Å². The van der Waals surface area contributed by atoms with Crippen LogP contribution in [0.15, 0.2) is 18.2 Å². The Morgan fingerprint density at radius 3 is 2.64 bits per heavy atom. The van der Waals surface area contributed by atoms with Gasteiger partial charge >= 0.3 is 6.01 Å². The number of hydrogen-bond acceptors (Lipinski definition) is 8. The molecule has 0 radical (unpaired) electrons. The number of hydrogen-bond donors (Lipinski definition) is 2. The second-order valence-corrected chi connectivity index (χ2v) is 8.86. The summed E-state index contributed by atoms with van der Waals surface area (Å²) in [5.74, 6) is 1.15. The molecule has 2 aliphatic rings. The van der Waals surface area contributed by atoms with Crippen LogP contribution in [0.25, 0.3) is 0 Å². The zero-order valence-electron chi connectivity index (χ0n) is 19.6. The first-order valence-electron chi connectivity index (χ1n) is 12.1. The van der Waals surface area contributed by atoms with E-state index >= 15 is 0 Å². The van der Waals surface area contributed by atoms with Crippen molar-refractivity contribution in [1.82, 2.24) is 19.9 Å². The second kappa shape index (κ2) is 11.4. The Labute approximate surface area is 195 Å². The van der Waals surface area contributed by atoms with Gasteiger partial charge in [0, 0.05) is 24.3 Å². The lowest BCUT2D eigenvalue weighted by Crippen LogP contribution is -2.34. The number of likely N-dealkylation sites (N-methyl/N-ethyl adjacent to an activating group) is 1. The molecular formula is C24H35FN6O2. The lowest BCUT2D eigenvalue weighted by Gasteiger charge is -2.23. The van der Waals surface area contributed by atoms with E-state index in [0.29, 0.717) is 36.2 Å². The molecule has 0 bridgehead atoms. The molecule has 8 nitrogen and oxygen atoms in total. The molecule has 1 saturated carbocycles. The molecule has 33 heavy (non-hydrogen) atoms. The number of halogens is 1. The topological polar surface area (TPSA) is 84.4 Å². The van der Waals surface area contributed by atoms with E-state index in [1.807, 2.05) is 0 Å². The summed E-state index contributed by atoms with van der Waals surface area (Å²) in [5.41, 5.74) is 0.525. The smallest absolute Gasteiger partial charge is 0.323 e. The molecule has 1 saturated heterocycles. The third-order valence-electron chi connectivity index (χ3n) is 6.61. The van der Waals surface area contributed by atoms with E-state index in [0.717, 1.165) is 26.1 Å². The highest BCUT2D eigenvalue weighted by molar-refractivity contribution is 5.56. The van der Waals surface area contributed by atoms with Gasteiger partial charge in [-0.1, -0.05) is 26.2 Å². The summed E-state index contributed by atoms with van der Waals surface area (Å²) in [6.45, 7) is 5.65. The van der Waals surface area contributed by atoms with Crippen molar-refractivity contribution in [1.29, 1.82) is 0 Å². The van der Waals surface area contributed by atoms with Crippen molar-refractivity contribution in [3.63, 3.8) is 0 Å². The Balaban J connectivity index is 1.48. The highest BCUT2D eigenvalue weighted by Crippen LogP contribution is 2.26. The third kappa shape index (κ3) is 6.43. The van der Waals surface area contributed by atoms with Gasteiger partial charge in [-0.3, -0.25) is 4.90 Å². The molecule has 1 aromatic carbocycles. The van der Waals surface area contributed by atoms with Crippen molar-refractivity contribution in [2.24, 2.45) is 5.92 Å². The van der Waals surface area contributed by atoms with Crippen molar-refractivity contribution >= 4 is 17.6 Å². The molecule has 2 aromatic rings. The summed E-state index contributed by atoms with van der Waals surface area (Å²) in [6, 6.07) is 5.29. The molecule has 1 aromatic heterocycles. The summed E-state index contributed by atoms with van der Waals surface area (Å²) < 4.78 is 25.2. The summed E-state index contributed by atoms with van der Waals surface area (Å²) in [6.07, 6.45) is 8.64. The van der Waals surface area contributed by atoms with Crippen LogP contribution in [0, 0.1) is 11.7 Å². The zero-order chi connectivity index (χ0) is 23.0. The fraction of sp³-hybridized carbons (Fsp3) is 0.625. The predicted molar refractivity (Wildman–Crippen MR) is 127 cm³/mol. The summed E-state index contributed by atoms with van der Waals surface area (Å²) in [4.78, 5) is 15.9. The zero-order valence-corrected chi connectivity index (χ0v) is 19.6. The van der Waals surface area contributed by atoms with Crippen molar-refractivity contribution in [2.75, 3.05) is 44.0 Å².